The Labute approximate surface area is 273 Å². The molecule has 2 fully saturated rings. The van der Waals surface area contributed by atoms with Crippen molar-refractivity contribution in [2.75, 3.05) is 25.3 Å². The van der Waals surface area contributed by atoms with Gasteiger partial charge in [0.2, 0.25) is 5.79 Å². The van der Waals surface area contributed by atoms with Gasteiger partial charge in [0.15, 0.2) is 14.1 Å². The minimum Gasteiger partial charge on any atom is -0.497 e. The van der Waals surface area contributed by atoms with Crippen LogP contribution in [-0.2, 0) is 32.0 Å². The SMILES string of the molecule is COc1ccc(OCc2cc(OCc3ccccc3)c3c(c2)N2C[C@H]4OC(C)(C)O[C@@H]4C(O)(O2)[C@H]3CO[Si](C)(C)C(C)(C)C)cc1. The molecule has 0 aromatic heterocycles. The first-order valence-corrected chi connectivity index (χ1v) is 18.9. The number of aliphatic hydroxyl groups is 1. The van der Waals surface area contributed by atoms with E-state index in [0.29, 0.717) is 25.5 Å². The Balaban J connectivity index is 1.42. The van der Waals surface area contributed by atoms with Crippen molar-refractivity contribution in [3.05, 3.63) is 83.4 Å². The molecule has 46 heavy (non-hydrogen) atoms. The lowest BCUT2D eigenvalue weighted by Gasteiger charge is -2.53. The third-order valence-electron chi connectivity index (χ3n) is 9.61. The highest BCUT2D eigenvalue weighted by Crippen LogP contribution is 2.55. The fourth-order valence-electron chi connectivity index (χ4n) is 6.08. The number of rotatable bonds is 10. The highest BCUT2D eigenvalue weighted by atomic mass is 28.4. The maximum Gasteiger partial charge on any atom is 0.230 e. The molecule has 2 bridgehead atoms. The molecule has 3 heterocycles. The van der Waals surface area contributed by atoms with Gasteiger partial charge in [0.05, 0.1) is 25.3 Å². The molecule has 3 aliphatic heterocycles. The van der Waals surface area contributed by atoms with Gasteiger partial charge in [-0.15, -0.1) is 0 Å². The molecule has 0 saturated carbocycles. The van der Waals surface area contributed by atoms with Gasteiger partial charge in [0, 0.05) is 12.2 Å². The van der Waals surface area contributed by atoms with Crippen LogP contribution < -0.4 is 19.3 Å². The highest BCUT2D eigenvalue weighted by Gasteiger charge is 2.64. The van der Waals surface area contributed by atoms with Crippen LogP contribution in [0.4, 0.5) is 5.69 Å². The van der Waals surface area contributed by atoms with E-state index in [0.717, 1.165) is 33.9 Å². The molecule has 0 aliphatic carbocycles. The summed E-state index contributed by atoms with van der Waals surface area (Å²) in [5.41, 5.74) is 3.54. The molecule has 9 nitrogen and oxygen atoms in total. The summed E-state index contributed by atoms with van der Waals surface area (Å²) in [7, 11) is -0.586. The van der Waals surface area contributed by atoms with Crippen LogP contribution in [0.25, 0.3) is 0 Å². The molecular weight excluding hydrogens is 602 g/mol. The monoisotopic (exact) mass is 649 g/mol. The molecule has 0 radical (unpaired) electrons. The van der Waals surface area contributed by atoms with Gasteiger partial charge in [-0.3, -0.25) is 0 Å². The van der Waals surface area contributed by atoms with Crippen LogP contribution in [0.3, 0.4) is 0 Å². The van der Waals surface area contributed by atoms with Crippen LogP contribution in [0.2, 0.25) is 18.1 Å². The minimum atomic E-state index is -2.22. The van der Waals surface area contributed by atoms with Crippen LogP contribution in [0.1, 0.15) is 57.2 Å². The van der Waals surface area contributed by atoms with Crippen molar-refractivity contribution in [2.45, 2.75) is 95.7 Å². The molecule has 10 heteroatoms. The second-order valence-electron chi connectivity index (χ2n) is 14.4. The molecule has 2 saturated heterocycles. The standard InChI is InChI=1S/C36H47NO8Si/c1-34(2,3)46(7,8)42-23-28-32-29(37-20-31-33(36(28,38)45-37)44-35(4,5)43-31)18-25(22-40-27-16-14-26(39-6)15-17-27)19-30(32)41-21-24-12-10-9-11-13-24/h9-19,28,31,33,38H,20-23H2,1-8H3/t28-,31+,33-,36?/m0/s1. The van der Waals surface area contributed by atoms with E-state index >= 15 is 0 Å². The Morgan fingerprint density at radius 1 is 0.913 bits per heavy atom. The summed E-state index contributed by atoms with van der Waals surface area (Å²) < 4.78 is 37.6. The van der Waals surface area contributed by atoms with E-state index < -0.39 is 38.0 Å². The van der Waals surface area contributed by atoms with E-state index in [4.69, 9.17) is 32.9 Å². The third-order valence-corrected chi connectivity index (χ3v) is 14.1. The maximum absolute atomic E-state index is 12.6. The fraction of sp³-hybridized carbons (Fsp3) is 0.500. The minimum absolute atomic E-state index is 0.0284. The average Bonchev–Trinajstić information content (AvgIpc) is 3.33. The number of hydrogen-bond acceptors (Lipinski definition) is 9. The van der Waals surface area contributed by atoms with Gasteiger partial charge >= 0.3 is 0 Å². The van der Waals surface area contributed by atoms with Crippen molar-refractivity contribution in [1.29, 1.82) is 0 Å². The highest BCUT2D eigenvalue weighted by molar-refractivity contribution is 6.74. The lowest BCUT2D eigenvalue weighted by Crippen LogP contribution is -2.67. The molecule has 3 aromatic carbocycles. The van der Waals surface area contributed by atoms with E-state index in [9.17, 15) is 5.11 Å². The number of nitrogens with zero attached hydrogens (tertiary/aromatic N) is 1. The molecule has 1 unspecified atom stereocenters. The number of hydroxylamine groups is 1. The number of hydrogen-bond donors (Lipinski definition) is 1. The van der Waals surface area contributed by atoms with Crippen LogP contribution in [0, 0.1) is 0 Å². The predicted octanol–water partition coefficient (Wildman–Crippen LogP) is 6.93. The van der Waals surface area contributed by atoms with Crippen LogP contribution >= 0.6 is 0 Å². The lowest BCUT2D eigenvalue weighted by atomic mass is 9.80. The third kappa shape index (κ3) is 6.39. The van der Waals surface area contributed by atoms with Crippen molar-refractivity contribution in [2.24, 2.45) is 0 Å². The number of anilines is 1. The van der Waals surface area contributed by atoms with Crippen LogP contribution in [0.5, 0.6) is 17.2 Å². The van der Waals surface area contributed by atoms with E-state index in [-0.39, 0.29) is 11.6 Å². The Kier molecular flexibility index (Phi) is 8.67. The van der Waals surface area contributed by atoms with Crippen molar-refractivity contribution in [3.63, 3.8) is 0 Å². The average molecular weight is 650 g/mol. The van der Waals surface area contributed by atoms with Gasteiger partial charge in [-0.05, 0) is 79.5 Å². The smallest absolute Gasteiger partial charge is 0.230 e. The molecule has 0 spiro atoms. The Morgan fingerprint density at radius 3 is 2.26 bits per heavy atom. The van der Waals surface area contributed by atoms with E-state index in [2.05, 4.69) is 39.9 Å². The maximum atomic E-state index is 12.6. The van der Waals surface area contributed by atoms with Gasteiger partial charge in [-0.1, -0.05) is 51.1 Å². The summed E-state index contributed by atoms with van der Waals surface area (Å²) in [5, 5.41) is 14.3. The van der Waals surface area contributed by atoms with Gasteiger partial charge in [-0.25, -0.2) is 9.90 Å². The summed E-state index contributed by atoms with van der Waals surface area (Å²) in [5.74, 6) is -1.14. The first-order chi connectivity index (χ1) is 21.7. The number of methoxy groups -OCH3 is 1. The van der Waals surface area contributed by atoms with Crippen molar-refractivity contribution < 1.29 is 38.1 Å². The topological polar surface area (TPSA) is 88.1 Å². The largest absolute Gasteiger partial charge is 0.497 e. The summed E-state index contributed by atoms with van der Waals surface area (Å²) in [6.07, 6.45) is -1.13. The van der Waals surface area contributed by atoms with Gasteiger partial charge in [-0.2, -0.15) is 0 Å². The molecule has 6 rings (SSSR count). The molecule has 0 amide bonds. The van der Waals surface area contributed by atoms with Crippen molar-refractivity contribution in [3.8, 4) is 17.2 Å². The zero-order valence-corrected chi connectivity index (χ0v) is 29.2. The Bertz CT molecular complexity index is 1520. The molecule has 1 N–H and O–H groups in total. The van der Waals surface area contributed by atoms with Gasteiger partial charge in [0.25, 0.3) is 0 Å². The second kappa shape index (κ2) is 12.2. The summed E-state index contributed by atoms with van der Waals surface area (Å²) in [6, 6.07) is 21.6. The molecule has 3 aliphatic rings. The van der Waals surface area contributed by atoms with E-state index in [1.807, 2.05) is 74.5 Å². The lowest BCUT2D eigenvalue weighted by molar-refractivity contribution is -0.310. The van der Waals surface area contributed by atoms with Crippen molar-refractivity contribution >= 4 is 14.0 Å². The van der Waals surface area contributed by atoms with Gasteiger partial charge < -0.3 is 33.2 Å². The summed E-state index contributed by atoms with van der Waals surface area (Å²) >= 11 is 0. The quantitative estimate of drug-likeness (QED) is 0.235. The first kappa shape index (κ1) is 32.8. The fourth-order valence-corrected chi connectivity index (χ4v) is 7.09. The summed E-state index contributed by atoms with van der Waals surface area (Å²) in [4.78, 5) is 6.48. The zero-order valence-electron chi connectivity index (χ0n) is 28.2. The molecule has 3 aromatic rings. The van der Waals surface area contributed by atoms with Crippen molar-refractivity contribution in [1.82, 2.24) is 0 Å². The second-order valence-corrected chi connectivity index (χ2v) is 19.2. The normalized spacial score (nSPS) is 25.1. The first-order valence-electron chi connectivity index (χ1n) is 16.0. The molecule has 248 valence electrons. The number of ether oxygens (including phenoxy) is 5. The number of benzene rings is 3. The van der Waals surface area contributed by atoms with Crippen LogP contribution in [0.15, 0.2) is 66.7 Å². The Hall–Kier alpha value is -3.12. The molecule has 4 atom stereocenters. The van der Waals surface area contributed by atoms with Crippen LogP contribution in [-0.4, -0.2) is 57.5 Å². The van der Waals surface area contributed by atoms with Gasteiger partial charge in [0.1, 0.15) is 42.7 Å². The predicted molar refractivity (Wildman–Crippen MR) is 178 cm³/mol. The van der Waals surface area contributed by atoms with E-state index in [1.165, 1.54) is 0 Å². The molecular formula is C36H47NO8Si. The Morgan fingerprint density at radius 2 is 1.59 bits per heavy atom. The zero-order chi connectivity index (χ0) is 32.9. The summed E-state index contributed by atoms with van der Waals surface area (Å²) in [6.45, 7) is 16.0. The number of fused-ring (bicyclic) bond motifs is 6. The van der Waals surface area contributed by atoms with E-state index in [1.54, 1.807) is 12.2 Å².